The van der Waals surface area contributed by atoms with Gasteiger partial charge in [-0.25, -0.2) is 4.98 Å². The summed E-state index contributed by atoms with van der Waals surface area (Å²) < 4.78 is 1.94. The predicted molar refractivity (Wildman–Crippen MR) is 75.2 cm³/mol. The Kier molecular flexibility index (Phi) is 4.75. The zero-order valence-corrected chi connectivity index (χ0v) is 11.0. The molecule has 1 aromatic carbocycles. The van der Waals surface area contributed by atoms with Gasteiger partial charge in [-0.05, 0) is 24.3 Å². The summed E-state index contributed by atoms with van der Waals surface area (Å²) in [6, 6.07) is 6.80. The fourth-order valence-corrected chi connectivity index (χ4v) is 1.66. The molecular weight excluding hydrogens is 262 g/mol. The summed E-state index contributed by atoms with van der Waals surface area (Å²) in [6.07, 6.45) is 9.25. The molecule has 1 N–H and O–H groups in total. The number of nitrogens with zero attached hydrogens (tertiary/aromatic N) is 2. The van der Waals surface area contributed by atoms with Crippen molar-refractivity contribution in [2.45, 2.75) is 6.54 Å². The normalized spacial score (nSPS) is 10.8. The summed E-state index contributed by atoms with van der Waals surface area (Å²) >= 11 is 5.76. The highest BCUT2D eigenvalue weighted by atomic mass is 35.5. The largest absolute Gasteiger partial charge is 0.349 e. The fraction of sp³-hybridized carbons (Fsp3) is 0.143. The Morgan fingerprint density at radius 1 is 1.32 bits per heavy atom. The molecule has 0 radical (unpaired) electrons. The number of rotatable bonds is 5. The van der Waals surface area contributed by atoms with Gasteiger partial charge in [-0.1, -0.05) is 23.8 Å². The molecule has 1 heterocycles. The lowest BCUT2D eigenvalue weighted by molar-refractivity contribution is 0.0958. The van der Waals surface area contributed by atoms with Crippen LogP contribution in [0.5, 0.6) is 0 Å². The van der Waals surface area contributed by atoms with Gasteiger partial charge in [0.1, 0.15) is 0 Å². The molecule has 0 saturated carbocycles. The third-order valence-electron chi connectivity index (χ3n) is 2.53. The molecule has 0 saturated heterocycles. The number of nitrogens with one attached hydrogen (secondary N) is 1. The van der Waals surface area contributed by atoms with Crippen molar-refractivity contribution in [1.29, 1.82) is 0 Å². The lowest BCUT2D eigenvalue weighted by Crippen LogP contribution is -2.23. The lowest BCUT2D eigenvalue weighted by atomic mass is 10.2. The number of amides is 1. The number of halogens is 1. The Morgan fingerprint density at radius 3 is 2.79 bits per heavy atom. The van der Waals surface area contributed by atoms with Crippen molar-refractivity contribution in [1.82, 2.24) is 14.9 Å². The maximum atomic E-state index is 11.7. The highest BCUT2D eigenvalue weighted by Gasteiger charge is 2.02. The van der Waals surface area contributed by atoms with Crippen LogP contribution >= 0.6 is 11.6 Å². The van der Waals surface area contributed by atoms with E-state index in [0.29, 0.717) is 17.1 Å². The topological polar surface area (TPSA) is 46.9 Å². The van der Waals surface area contributed by atoms with Crippen LogP contribution in [0.3, 0.4) is 0 Å². The minimum absolute atomic E-state index is 0.107. The number of carbonyl (C=O) groups excluding carboxylic acids is 1. The number of benzene rings is 1. The number of hydrogen-bond donors (Lipinski definition) is 1. The Labute approximate surface area is 116 Å². The van der Waals surface area contributed by atoms with Crippen LogP contribution in [0.4, 0.5) is 0 Å². The van der Waals surface area contributed by atoms with Crippen LogP contribution in [0, 0.1) is 0 Å². The molecule has 2 rings (SSSR count). The van der Waals surface area contributed by atoms with E-state index in [-0.39, 0.29) is 5.91 Å². The van der Waals surface area contributed by atoms with Crippen LogP contribution in [0.2, 0.25) is 5.02 Å². The van der Waals surface area contributed by atoms with Gasteiger partial charge in [-0.2, -0.15) is 0 Å². The summed E-state index contributed by atoms with van der Waals surface area (Å²) in [4.78, 5) is 15.7. The average Bonchev–Trinajstić information content (AvgIpc) is 2.92. The summed E-state index contributed by atoms with van der Waals surface area (Å²) in [5.74, 6) is -0.107. The predicted octanol–water partition coefficient (Wildman–Crippen LogP) is 2.52. The number of hydrogen-bond acceptors (Lipinski definition) is 2. The Balaban J connectivity index is 1.74. The molecule has 0 spiro atoms. The summed E-state index contributed by atoms with van der Waals surface area (Å²) in [6.45, 7) is 1.24. The molecule has 0 bridgehead atoms. The second kappa shape index (κ2) is 6.75. The molecule has 5 heteroatoms. The van der Waals surface area contributed by atoms with E-state index < -0.39 is 0 Å². The van der Waals surface area contributed by atoms with Crippen molar-refractivity contribution in [2.24, 2.45) is 0 Å². The Bertz CT molecular complexity index is 547. The van der Waals surface area contributed by atoms with Gasteiger partial charge in [-0.3, -0.25) is 4.79 Å². The first kappa shape index (κ1) is 13.4. The first-order chi connectivity index (χ1) is 9.25. The molecule has 98 valence electrons. The minimum Gasteiger partial charge on any atom is -0.349 e. The summed E-state index contributed by atoms with van der Waals surface area (Å²) in [5.41, 5.74) is 0.604. The second-order valence-electron chi connectivity index (χ2n) is 3.95. The highest BCUT2D eigenvalue weighted by Crippen LogP contribution is 2.09. The molecule has 0 aliphatic heterocycles. The first-order valence-electron chi connectivity index (χ1n) is 5.90. The van der Waals surface area contributed by atoms with Gasteiger partial charge < -0.3 is 9.88 Å². The molecule has 2 aromatic rings. The zero-order chi connectivity index (χ0) is 13.5. The van der Waals surface area contributed by atoms with Gasteiger partial charge in [0.25, 0.3) is 5.91 Å². The molecule has 19 heavy (non-hydrogen) atoms. The maximum absolute atomic E-state index is 11.7. The Hall–Kier alpha value is -2.07. The van der Waals surface area contributed by atoms with Crippen molar-refractivity contribution in [2.75, 3.05) is 6.54 Å². The standard InChI is InChI=1S/C14H14ClN3O/c15-13-5-3-12(4-6-13)14(19)17-7-1-2-9-18-10-8-16-11-18/h1-6,8,10-11H,7,9H2,(H,17,19)/b2-1+. The van der Waals surface area contributed by atoms with Crippen molar-refractivity contribution in [3.05, 3.63) is 65.7 Å². The number of aromatic nitrogens is 2. The number of carbonyl (C=O) groups is 1. The molecule has 0 aliphatic rings. The molecule has 4 nitrogen and oxygen atoms in total. The van der Waals surface area contributed by atoms with E-state index in [0.717, 1.165) is 6.54 Å². The van der Waals surface area contributed by atoms with Crippen molar-refractivity contribution in [3.8, 4) is 0 Å². The number of imidazole rings is 1. The summed E-state index contributed by atoms with van der Waals surface area (Å²) in [5, 5.41) is 3.43. The van der Waals surface area contributed by atoms with Gasteiger partial charge in [-0.15, -0.1) is 0 Å². The monoisotopic (exact) mass is 275 g/mol. The van der Waals surface area contributed by atoms with Gasteiger partial charge in [0.15, 0.2) is 0 Å². The number of allylic oxidation sites excluding steroid dienone is 1. The molecule has 1 aromatic heterocycles. The third kappa shape index (κ3) is 4.26. The van der Waals surface area contributed by atoms with Crippen LogP contribution in [-0.4, -0.2) is 22.0 Å². The summed E-state index contributed by atoms with van der Waals surface area (Å²) in [7, 11) is 0. The molecule has 0 unspecified atom stereocenters. The van der Waals surface area contributed by atoms with Crippen LogP contribution in [0.15, 0.2) is 55.1 Å². The van der Waals surface area contributed by atoms with Gasteiger partial charge >= 0.3 is 0 Å². The Morgan fingerprint density at radius 2 is 2.11 bits per heavy atom. The van der Waals surface area contributed by atoms with E-state index in [1.807, 2.05) is 22.9 Å². The van der Waals surface area contributed by atoms with E-state index >= 15 is 0 Å². The minimum atomic E-state index is -0.107. The van der Waals surface area contributed by atoms with E-state index in [4.69, 9.17) is 11.6 Å². The van der Waals surface area contributed by atoms with Crippen LogP contribution in [-0.2, 0) is 6.54 Å². The molecule has 0 atom stereocenters. The highest BCUT2D eigenvalue weighted by molar-refractivity contribution is 6.30. The molecule has 0 fully saturated rings. The SMILES string of the molecule is O=C(NC/C=C/Cn1ccnc1)c1ccc(Cl)cc1. The van der Waals surface area contributed by atoms with Crippen LogP contribution in [0.1, 0.15) is 10.4 Å². The first-order valence-corrected chi connectivity index (χ1v) is 6.28. The fourth-order valence-electron chi connectivity index (χ4n) is 1.53. The molecule has 1 amide bonds. The van der Waals surface area contributed by atoms with E-state index in [2.05, 4.69) is 10.3 Å². The van der Waals surface area contributed by atoms with Gasteiger partial charge in [0, 0.05) is 36.1 Å². The van der Waals surface area contributed by atoms with E-state index in [1.54, 1.807) is 36.8 Å². The smallest absolute Gasteiger partial charge is 0.251 e. The van der Waals surface area contributed by atoms with E-state index in [1.165, 1.54) is 0 Å². The maximum Gasteiger partial charge on any atom is 0.251 e. The zero-order valence-electron chi connectivity index (χ0n) is 10.3. The van der Waals surface area contributed by atoms with Crippen molar-refractivity contribution < 1.29 is 4.79 Å². The molecule has 0 aliphatic carbocycles. The van der Waals surface area contributed by atoms with Crippen molar-refractivity contribution >= 4 is 17.5 Å². The van der Waals surface area contributed by atoms with Crippen LogP contribution in [0.25, 0.3) is 0 Å². The lowest BCUT2D eigenvalue weighted by Gasteiger charge is -2.02. The quantitative estimate of drug-likeness (QED) is 0.853. The van der Waals surface area contributed by atoms with E-state index in [9.17, 15) is 4.79 Å². The average molecular weight is 276 g/mol. The van der Waals surface area contributed by atoms with Gasteiger partial charge in [0.05, 0.1) is 6.33 Å². The van der Waals surface area contributed by atoms with Crippen molar-refractivity contribution in [3.63, 3.8) is 0 Å². The second-order valence-corrected chi connectivity index (χ2v) is 4.38. The van der Waals surface area contributed by atoms with Crippen LogP contribution < -0.4 is 5.32 Å². The third-order valence-corrected chi connectivity index (χ3v) is 2.78. The molecular formula is C14H14ClN3O. The van der Waals surface area contributed by atoms with Gasteiger partial charge in [0.2, 0.25) is 0 Å².